The molecule has 0 fully saturated rings. The number of oxazole rings is 2. The van der Waals surface area contributed by atoms with Crippen LogP contribution in [0.3, 0.4) is 0 Å². The highest BCUT2D eigenvalue weighted by molar-refractivity contribution is 7.14. The lowest BCUT2D eigenvalue weighted by Gasteiger charge is -2.41. The number of esters is 2. The number of rotatable bonds is 16. The quantitative estimate of drug-likeness (QED) is 0.0316. The van der Waals surface area contributed by atoms with Crippen molar-refractivity contribution in [1.82, 2.24) is 20.6 Å². The third kappa shape index (κ3) is 30.1. The van der Waals surface area contributed by atoms with Crippen molar-refractivity contribution in [3.63, 3.8) is 0 Å². The van der Waals surface area contributed by atoms with Crippen LogP contribution in [0.25, 0.3) is 0 Å². The van der Waals surface area contributed by atoms with Crippen molar-refractivity contribution < 1.29 is 105 Å². The number of benzene rings is 7. The highest BCUT2D eigenvalue weighted by Gasteiger charge is 2.56. The number of ether oxygens (including phenoxy) is 2. The maximum absolute atomic E-state index is 12.7. The minimum atomic E-state index is -1.05. The van der Waals surface area contributed by atoms with E-state index in [2.05, 4.69) is 57.0 Å². The largest absolute Gasteiger partial charge is 0.507 e. The molecule has 7 amide bonds. The number of thiophene rings is 1. The molecule has 14 rings (SSSR count). The van der Waals surface area contributed by atoms with Crippen molar-refractivity contribution in [2.75, 3.05) is 31.9 Å². The molecule has 1 atom stereocenters. The molecule has 1 aliphatic heterocycles. The van der Waals surface area contributed by atoms with E-state index < -0.39 is 16.9 Å². The molecule has 1 unspecified atom stereocenters. The molecule has 0 saturated heterocycles. The zero-order valence-electron chi connectivity index (χ0n) is 85.9. The number of hydroxylamine groups is 1. The van der Waals surface area contributed by atoms with Crippen LogP contribution in [-0.4, -0.2) is 93.9 Å². The summed E-state index contributed by atoms with van der Waals surface area (Å²) in [6, 6.07) is 39.6. The highest BCUT2D eigenvalue weighted by Crippen LogP contribution is 2.52. The van der Waals surface area contributed by atoms with Gasteiger partial charge in [-0.25, -0.2) is 9.97 Å². The van der Waals surface area contributed by atoms with Gasteiger partial charge in [-0.05, 0) is 241 Å². The first-order chi connectivity index (χ1) is 66.5. The number of aromatic hydroxyl groups is 4. The van der Waals surface area contributed by atoms with Crippen LogP contribution in [0.4, 0.5) is 34.6 Å². The molecule has 0 spiro atoms. The first kappa shape index (κ1) is 112. The number of carbonyl (C=O) groups is 9. The SMILES string of the molecule is CC(=O)Oc1c(C(C)(C)C)cc(C(=O)Nc2ccco2)cc1C(C)(C)C.CC(=O)Oc1c(C)cc(C(=O)Nc2ccco2)cc1C.CC(C)(C)C1=C(O)C(c2ccccc2C(N)=O)(C(C)(C)C)NO1.CC(C)(C)c1cc(C(=O)Nc2ncco2)cc(C(C)(C)C)c1O.Cc1cc(C(=O)Nc2cccs2)cc(C)c1O.Cc1cc(C(=O)Nc2ccon2)cc(C)c1O.Cc1cc(C(=O)Nc2ncco2)cc(C)c1O. The topological polar surface area (TPSA) is 497 Å². The summed E-state index contributed by atoms with van der Waals surface area (Å²) in [5, 5.41) is 72.8. The molecule has 34 heteroatoms. The molecule has 7 aromatic carbocycles. The summed E-state index contributed by atoms with van der Waals surface area (Å²) in [7, 11) is 0. The predicted octanol–water partition coefficient (Wildman–Crippen LogP) is 23.6. The van der Waals surface area contributed by atoms with Gasteiger partial charge in [0.2, 0.25) is 5.91 Å². The number of hydrogen-bond donors (Lipinski definition) is 13. The Balaban J connectivity index is 0.000000205. The van der Waals surface area contributed by atoms with Crippen LogP contribution in [0, 0.1) is 66.2 Å². The molecule has 14 N–H and O–H groups in total. The van der Waals surface area contributed by atoms with Crippen LogP contribution in [0.5, 0.6) is 34.5 Å². The molecule has 7 heterocycles. The number of phenols is 4. The first-order valence-electron chi connectivity index (χ1n) is 45.4. The van der Waals surface area contributed by atoms with Gasteiger partial charge in [-0.3, -0.25) is 64.4 Å². The fourth-order valence-electron chi connectivity index (χ4n) is 14.7. The minimum Gasteiger partial charge on any atom is -0.507 e. The number of aliphatic hydroxyl groups excluding tert-OH is 1. The van der Waals surface area contributed by atoms with Crippen molar-refractivity contribution in [2.24, 2.45) is 16.6 Å². The van der Waals surface area contributed by atoms with Gasteiger partial charge in [0, 0.05) is 98.7 Å². The molecule has 1 aliphatic rings. The van der Waals surface area contributed by atoms with Gasteiger partial charge in [0.1, 0.15) is 58.8 Å². The zero-order valence-corrected chi connectivity index (χ0v) is 86.7. The Morgan fingerprint density at radius 2 is 0.748 bits per heavy atom. The normalized spacial score (nSPS) is 12.8. The fraction of sp³-hybridized carbons (Fsp3) is 0.321. The molecule has 33 nitrogen and oxygen atoms in total. The summed E-state index contributed by atoms with van der Waals surface area (Å²) >= 11 is 1.48. The number of nitrogens with two attached hydrogens (primary N) is 1. The third-order valence-electron chi connectivity index (χ3n) is 22.0. The molecule has 0 aliphatic carbocycles. The van der Waals surface area contributed by atoms with Crippen molar-refractivity contribution in [1.29, 1.82) is 0 Å². The average Bonchev–Trinajstić information content (AvgIpc) is 1.51. The third-order valence-corrected chi connectivity index (χ3v) is 22.8. The lowest BCUT2D eigenvalue weighted by Crippen LogP contribution is -2.51. The number of aryl methyl sites for hydroxylation is 8. The Morgan fingerprint density at radius 3 is 1.07 bits per heavy atom. The van der Waals surface area contributed by atoms with Crippen LogP contribution in [0.1, 0.15) is 283 Å². The summed E-state index contributed by atoms with van der Waals surface area (Å²) in [5.41, 5.74) is 17.9. The van der Waals surface area contributed by atoms with Gasteiger partial charge in [-0.2, -0.15) is 0 Å². The number of aromatic nitrogens is 3. The van der Waals surface area contributed by atoms with Gasteiger partial charge < -0.3 is 78.4 Å². The van der Waals surface area contributed by atoms with Crippen LogP contribution in [-0.2, 0) is 41.6 Å². The second kappa shape index (κ2) is 47.0. The maximum Gasteiger partial charge on any atom is 0.308 e. The summed E-state index contributed by atoms with van der Waals surface area (Å²) in [4.78, 5) is 121. The predicted molar refractivity (Wildman–Crippen MR) is 549 cm³/mol. The number of furan rings is 2. The molecule has 0 bridgehead atoms. The van der Waals surface area contributed by atoms with Crippen LogP contribution >= 0.6 is 11.3 Å². The fourth-order valence-corrected chi connectivity index (χ4v) is 15.3. The second-order valence-corrected chi connectivity index (χ2v) is 41.0. The molecule has 143 heavy (non-hydrogen) atoms. The van der Waals surface area contributed by atoms with Crippen molar-refractivity contribution >= 4 is 99.2 Å². The van der Waals surface area contributed by atoms with Gasteiger partial charge in [0.05, 0.1) is 29.9 Å². The zero-order chi connectivity index (χ0) is 107. The molecule has 13 aromatic rings. The van der Waals surface area contributed by atoms with Crippen molar-refractivity contribution in [2.45, 2.75) is 221 Å². The van der Waals surface area contributed by atoms with Gasteiger partial charge in [-0.15, -0.1) is 16.8 Å². The number of allylic oxidation sites excluding steroid dienone is 1. The monoisotopic (exact) mass is 1980 g/mol. The number of amides is 7. The lowest BCUT2D eigenvalue weighted by molar-refractivity contribution is -0.133. The molecular formula is C109H129N11O22S. The van der Waals surface area contributed by atoms with E-state index in [1.807, 2.05) is 148 Å². The number of phenolic OH excluding ortho intramolecular Hbond substituents is 4. The number of nitrogens with zero attached hydrogens (tertiary/aromatic N) is 3. The molecule has 0 saturated carbocycles. The Kier molecular flexibility index (Phi) is 36.9. The molecular weight excluding hydrogens is 1850 g/mol. The standard InChI is InChI=1S/C21H27NO4.C18H24N2O3.C18H26N2O3.C15H15NO4.C13H13NO2S.2C12H12N2O3/c1-13(23)26-18-15(20(2,3)4)11-14(12-16(18)21(5,6)7)19(24)22-17-9-8-10-25-17;1-17(2,3)12-9-11(10-13(14(12)21)18(4,5)6)15(22)20-16-19-7-8-23-16;1-16(2,3)14-13(21)18(20-23-14,17(4,5)6)12-10-8-7-9-11(12)15(19)22;1-9-7-12(8-10(2)14(9)20-11(3)17)15(18)16-13-5-4-6-19-13;1-8-6-10(7-9(2)12(8)15)13(16)14-11-4-3-5-17-11;1-7-5-9(6-8(2)10(7)15)11(16)14-12-13-3-4-17-12;1-7-5-9(6-8(2)11(7)15)12(16)13-10-3-4-17-14-10/h8-12H,1-7H3,(H,22,24);7-10,21H,1-6H3,(H,19,20,22);7-10,20-21H,1-6H3,(H2,19,22);4-8H,1-3H3,(H,16,18);3-7,15H,1-2H3,(H,14,16);2*3-6,15H,1-2H3,(H,13,14,16). The molecule has 6 aromatic heterocycles. The van der Waals surface area contributed by atoms with Crippen molar-refractivity contribution in [3.8, 4) is 34.5 Å². The number of anilines is 6. The van der Waals surface area contributed by atoms with E-state index in [-0.39, 0.29) is 115 Å². The average molecular weight is 1980 g/mol. The Bertz CT molecular complexity index is 6310. The van der Waals surface area contributed by atoms with E-state index in [4.69, 9.17) is 37.7 Å². The number of primary amides is 1. The minimum absolute atomic E-state index is 0.0891. The molecule has 758 valence electrons. The van der Waals surface area contributed by atoms with Crippen LogP contribution < -0.4 is 52.6 Å². The van der Waals surface area contributed by atoms with E-state index >= 15 is 0 Å². The first-order valence-corrected chi connectivity index (χ1v) is 46.3. The summed E-state index contributed by atoms with van der Waals surface area (Å²) in [5.74, 6) is 0.687. The lowest BCUT2D eigenvalue weighted by atomic mass is 9.66. The summed E-state index contributed by atoms with van der Waals surface area (Å²) in [6.07, 6.45) is 10.0. The Morgan fingerprint density at radius 1 is 0.385 bits per heavy atom. The number of hydrogen-bond acceptors (Lipinski definition) is 27. The highest BCUT2D eigenvalue weighted by atomic mass is 32.1. The van der Waals surface area contributed by atoms with E-state index in [0.717, 1.165) is 38.4 Å². The van der Waals surface area contributed by atoms with E-state index in [0.29, 0.717) is 113 Å². The van der Waals surface area contributed by atoms with E-state index in [1.165, 1.54) is 68.9 Å². The van der Waals surface area contributed by atoms with E-state index in [9.17, 15) is 68.7 Å². The Hall–Kier alpha value is -15.8. The van der Waals surface area contributed by atoms with Gasteiger partial charge in [0.25, 0.3) is 35.4 Å². The molecule has 0 radical (unpaired) electrons. The van der Waals surface area contributed by atoms with E-state index in [1.54, 1.807) is 177 Å². The number of aliphatic hydroxyl groups is 1. The second-order valence-electron chi connectivity index (χ2n) is 40.1. The van der Waals surface area contributed by atoms with Gasteiger partial charge in [-0.1, -0.05) is 148 Å². The van der Waals surface area contributed by atoms with Crippen molar-refractivity contribution in [3.05, 3.63) is 311 Å². The summed E-state index contributed by atoms with van der Waals surface area (Å²) in [6.45, 7) is 52.8. The smallest absolute Gasteiger partial charge is 0.308 e. The number of nitrogens with one attached hydrogen (secondary N) is 7. The van der Waals surface area contributed by atoms with Gasteiger partial charge >= 0.3 is 24.0 Å². The van der Waals surface area contributed by atoms with Gasteiger partial charge in [0.15, 0.2) is 29.1 Å². The van der Waals surface area contributed by atoms with Crippen LogP contribution in [0.2, 0.25) is 0 Å². The maximum atomic E-state index is 12.7. The number of carbonyl (C=O) groups excluding carboxylic acids is 9. The summed E-state index contributed by atoms with van der Waals surface area (Å²) < 4.78 is 35.5. The van der Waals surface area contributed by atoms with Crippen LogP contribution in [0.15, 0.2) is 222 Å². The Labute approximate surface area is 835 Å².